The second-order valence-electron chi connectivity index (χ2n) is 2.25. The van der Waals surface area contributed by atoms with E-state index in [1.165, 1.54) is 0 Å². The summed E-state index contributed by atoms with van der Waals surface area (Å²) in [6.45, 7) is -0.204. The van der Waals surface area contributed by atoms with Gasteiger partial charge in [0.05, 0.1) is 6.54 Å². The molecule has 0 aliphatic rings. The fourth-order valence-electron chi connectivity index (χ4n) is 0.631. The molecule has 0 saturated heterocycles. The van der Waals surface area contributed by atoms with E-state index < -0.39 is 5.91 Å². The molecule has 1 aromatic heterocycles. The minimum absolute atomic E-state index is 0.100. The zero-order valence-electron chi connectivity index (χ0n) is 6.67. The first kappa shape index (κ1) is 9.26. The molecular weight excluding hydrogens is 176 g/mol. The molecule has 13 heavy (non-hydrogen) atoms. The van der Waals surface area contributed by atoms with Crippen LogP contribution in [0.5, 0.6) is 0 Å². The Labute approximate surface area is 72.9 Å². The molecule has 4 N–H and O–H groups in total. The number of tetrazole rings is 1. The summed E-state index contributed by atoms with van der Waals surface area (Å²) in [5, 5.41) is 10.3. The van der Waals surface area contributed by atoms with E-state index in [0.717, 1.165) is 4.80 Å². The van der Waals surface area contributed by atoms with Crippen LogP contribution < -0.4 is 11.5 Å². The van der Waals surface area contributed by atoms with E-state index in [4.69, 9.17) is 11.5 Å². The summed E-state index contributed by atoms with van der Waals surface area (Å²) < 4.78 is 0. The van der Waals surface area contributed by atoms with Gasteiger partial charge in [0.2, 0.25) is 0 Å². The molecular formula is C5H8N6O2. The third-order valence-corrected chi connectivity index (χ3v) is 1.22. The van der Waals surface area contributed by atoms with Gasteiger partial charge in [-0.3, -0.25) is 9.59 Å². The van der Waals surface area contributed by atoms with Crippen molar-refractivity contribution < 1.29 is 9.59 Å². The van der Waals surface area contributed by atoms with Gasteiger partial charge in [-0.2, -0.15) is 4.80 Å². The van der Waals surface area contributed by atoms with Gasteiger partial charge in [0.1, 0.15) is 6.54 Å². The van der Waals surface area contributed by atoms with E-state index in [1.54, 1.807) is 0 Å². The number of rotatable bonds is 4. The molecule has 0 radical (unpaired) electrons. The third kappa shape index (κ3) is 2.30. The number of Topliss-reactive ketones (excluding diaryl/α,β-unsaturated/α-hetero) is 1. The van der Waals surface area contributed by atoms with Crippen molar-refractivity contribution in [3.8, 4) is 0 Å². The highest BCUT2D eigenvalue weighted by Crippen LogP contribution is 1.84. The summed E-state index contributed by atoms with van der Waals surface area (Å²) in [6.07, 6.45) is 0. The molecule has 1 heterocycles. The Morgan fingerprint density at radius 2 is 2.15 bits per heavy atom. The van der Waals surface area contributed by atoms with Gasteiger partial charge < -0.3 is 11.5 Å². The Balaban J connectivity index is 2.69. The van der Waals surface area contributed by atoms with Gasteiger partial charge in [-0.1, -0.05) is 0 Å². The highest BCUT2D eigenvalue weighted by molar-refractivity contribution is 5.88. The Morgan fingerprint density at radius 1 is 1.46 bits per heavy atom. The summed E-state index contributed by atoms with van der Waals surface area (Å²) in [5.41, 5.74) is 9.92. The van der Waals surface area contributed by atoms with Gasteiger partial charge in [-0.15, -0.1) is 10.2 Å². The molecule has 1 amide bonds. The molecule has 0 bridgehead atoms. The number of nitrogens with two attached hydrogens (primary N) is 2. The number of hydrogen-bond donors (Lipinski definition) is 2. The lowest BCUT2D eigenvalue weighted by Gasteiger charge is -1.93. The lowest BCUT2D eigenvalue weighted by molar-refractivity contribution is -0.118. The number of amides is 1. The molecule has 8 heteroatoms. The van der Waals surface area contributed by atoms with E-state index >= 15 is 0 Å². The van der Waals surface area contributed by atoms with Crippen LogP contribution >= 0.6 is 0 Å². The van der Waals surface area contributed by atoms with Crippen LogP contribution in [0.1, 0.15) is 10.6 Å². The van der Waals surface area contributed by atoms with E-state index in [9.17, 15) is 9.59 Å². The molecule has 0 aliphatic heterocycles. The van der Waals surface area contributed by atoms with Gasteiger partial charge in [0.25, 0.3) is 11.7 Å². The van der Waals surface area contributed by atoms with Crippen molar-refractivity contribution in [2.75, 3.05) is 6.54 Å². The Kier molecular flexibility index (Phi) is 2.65. The van der Waals surface area contributed by atoms with Crippen molar-refractivity contribution in [1.29, 1.82) is 0 Å². The molecule has 8 nitrogen and oxygen atoms in total. The number of nitrogens with zero attached hydrogens (tertiary/aromatic N) is 4. The number of hydrogen-bond acceptors (Lipinski definition) is 6. The van der Waals surface area contributed by atoms with Crippen molar-refractivity contribution in [2.45, 2.75) is 6.54 Å². The molecule has 0 aliphatic carbocycles. The van der Waals surface area contributed by atoms with E-state index in [0.29, 0.717) is 0 Å². The van der Waals surface area contributed by atoms with E-state index in [-0.39, 0.29) is 24.7 Å². The maximum absolute atomic E-state index is 10.8. The van der Waals surface area contributed by atoms with Crippen molar-refractivity contribution >= 4 is 11.7 Å². The fourth-order valence-corrected chi connectivity index (χ4v) is 0.631. The minimum atomic E-state index is -0.786. The highest BCUT2D eigenvalue weighted by atomic mass is 16.1. The zero-order valence-corrected chi connectivity index (χ0v) is 6.67. The SMILES string of the molecule is NCC(=O)Cn1nnc(C(N)=O)n1. The normalized spacial score (nSPS) is 9.92. The number of primary amides is 1. The Morgan fingerprint density at radius 3 is 2.62 bits per heavy atom. The predicted octanol–water partition coefficient (Wildman–Crippen LogP) is -2.70. The first-order chi connectivity index (χ1) is 6.13. The van der Waals surface area contributed by atoms with Gasteiger partial charge in [0, 0.05) is 0 Å². The third-order valence-electron chi connectivity index (χ3n) is 1.22. The topological polar surface area (TPSA) is 130 Å². The van der Waals surface area contributed by atoms with Crippen molar-refractivity contribution in [1.82, 2.24) is 20.2 Å². The van der Waals surface area contributed by atoms with Gasteiger partial charge in [-0.25, -0.2) is 0 Å². The maximum atomic E-state index is 10.8. The van der Waals surface area contributed by atoms with Crippen molar-refractivity contribution in [3.05, 3.63) is 5.82 Å². The van der Waals surface area contributed by atoms with E-state index in [1.807, 2.05) is 0 Å². The van der Waals surface area contributed by atoms with Gasteiger partial charge in [-0.05, 0) is 5.21 Å². The quantitative estimate of drug-likeness (QED) is 0.523. The first-order valence-corrected chi connectivity index (χ1v) is 3.43. The van der Waals surface area contributed by atoms with Gasteiger partial charge in [0.15, 0.2) is 5.78 Å². The second kappa shape index (κ2) is 3.72. The highest BCUT2D eigenvalue weighted by Gasteiger charge is 2.09. The van der Waals surface area contributed by atoms with Crippen LogP contribution in [0, 0.1) is 0 Å². The molecule has 1 aromatic rings. The first-order valence-electron chi connectivity index (χ1n) is 3.43. The smallest absolute Gasteiger partial charge is 0.290 e. The van der Waals surface area contributed by atoms with Crippen LogP contribution in [-0.2, 0) is 11.3 Å². The van der Waals surface area contributed by atoms with Gasteiger partial charge >= 0.3 is 0 Å². The van der Waals surface area contributed by atoms with Crippen LogP contribution in [0.15, 0.2) is 0 Å². The van der Waals surface area contributed by atoms with E-state index in [2.05, 4.69) is 15.4 Å². The monoisotopic (exact) mass is 184 g/mol. The molecule has 0 fully saturated rings. The molecule has 70 valence electrons. The second-order valence-corrected chi connectivity index (χ2v) is 2.25. The number of ketones is 1. The molecule has 0 aromatic carbocycles. The average molecular weight is 184 g/mol. The maximum Gasteiger partial charge on any atom is 0.290 e. The Hall–Kier alpha value is -1.83. The number of carbonyl (C=O) groups is 2. The van der Waals surface area contributed by atoms with Crippen LogP contribution in [0.4, 0.5) is 0 Å². The summed E-state index contributed by atoms with van der Waals surface area (Å²) in [6, 6.07) is 0. The summed E-state index contributed by atoms with van der Waals surface area (Å²) in [5.74, 6) is -1.26. The molecule has 0 saturated carbocycles. The van der Waals surface area contributed by atoms with Crippen LogP contribution in [0.3, 0.4) is 0 Å². The molecule has 0 atom stereocenters. The average Bonchev–Trinajstić information content (AvgIpc) is 2.52. The van der Waals surface area contributed by atoms with Crippen LogP contribution in [0.25, 0.3) is 0 Å². The Bertz CT molecular complexity index is 332. The number of carbonyl (C=O) groups excluding carboxylic acids is 2. The fraction of sp³-hybridized carbons (Fsp3) is 0.400. The summed E-state index contributed by atoms with van der Waals surface area (Å²) in [7, 11) is 0. The zero-order chi connectivity index (χ0) is 9.84. The van der Waals surface area contributed by atoms with Crippen LogP contribution in [0.2, 0.25) is 0 Å². The lowest BCUT2D eigenvalue weighted by atomic mass is 10.4. The van der Waals surface area contributed by atoms with Crippen molar-refractivity contribution in [2.24, 2.45) is 11.5 Å². The summed E-state index contributed by atoms with van der Waals surface area (Å²) >= 11 is 0. The molecule has 1 rings (SSSR count). The molecule has 0 unspecified atom stereocenters. The molecule has 0 spiro atoms. The summed E-state index contributed by atoms with van der Waals surface area (Å²) in [4.78, 5) is 22.3. The number of aromatic nitrogens is 4. The minimum Gasteiger partial charge on any atom is -0.363 e. The predicted molar refractivity (Wildman–Crippen MR) is 40.4 cm³/mol. The van der Waals surface area contributed by atoms with Crippen LogP contribution in [-0.4, -0.2) is 38.4 Å². The standard InChI is InChI=1S/C5H8N6O2/c6-1-3(12)2-11-9-5(4(7)13)8-10-11/h1-2,6H2,(H2,7,13). The largest absolute Gasteiger partial charge is 0.363 e. The van der Waals surface area contributed by atoms with Crippen molar-refractivity contribution in [3.63, 3.8) is 0 Å². The lowest BCUT2D eigenvalue weighted by Crippen LogP contribution is -2.21.